The summed E-state index contributed by atoms with van der Waals surface area (Å²) in [4.78, 5) is 31.1. The topological polar surface area (TPSA) is 72.2 Å². The van der Waals surface area contributed by atoms with E-state index in [2.05, 4.69) is 37.4 Å². The van der Waals surface area contributed by atoms with Gasteiger partial charge in [-0.3, -0.25) is 9.59 Å². The molecule has 0 spiro atoms. The van der Waals surface area contributed by atoms with Crippen molar-refractivity contribution in [1.82, 2.24) is 9.80 Å². The first-order valence-corrected chi connectivity index (χ1v) is 12.8. The molecule has 0 radical (unpaired) electrons. The van der Waals surface area contributed by atoms with Crippen molar-refractivity contribution in [2.24, 2.45) is 0 Å². The molecule has 35 heavy (non-hydrogen) atoms. The number of methoxy groups -OCH3 is 1. The van der Waals surface area contributed by atoms with Gasteiger partial charge in [-0.2, -0.15) is 0 Å². The van der Waals surface area contributed by atoms with Gasteiger partial charge in [0.2, 0.25) is 5.91 Å². The Labute approximate surface area is 210 Å². The molecule has 7 nitrogen and oxygen atoms in total. The van der Waals surface area contributed by atoms with Crippen molar-refractivity contribution in [2.75, 3.05) is 40.0 Å². The smallest absolute Gasteiger partial charge is 0.290 e. The molecule has 2 amide bonds. The zero-order valence-corrected chi connectivity index (χ0v) is 21.3. The maximum absolute atomic E-state index is 13.5. The molecule has 0 bridgehead atoms. The molecule has 2 aromatic heterocycles. The van der Waals surface area contributed by atoms with Crippen LogP contribution in [0.4, 0.5) is 0 Å². The molecular weight excluding hydrogens is 464 g/mol. The second kappa shape index (κ2) is 11.6. The maximum atomic E-state index is 13.5. The van der Waals surface area contributed by atoms with Crippen LogP contribution in [0.2, 0.25) is 0 Å². The van der Waals surface area contributed by atoms with Gasteiger partial charge in [-0.1, -0.05) is 26.0 Å². The fourth-order valence-corrected chi connectivity index (χ4v) is 5.19. The number of rotatable bonds is 10. The number of ether oxygens (including phenoxy) is 2. The van der Waals surface area contributed by atoms with Crippen molar-refractivity contribution >= 4 is 23.2 Å². The summed E-state index contributed by atoms with van der Waals surface area (Å²) in [5.41, 5.74) is 2.37. The number of carbonyl (C=O) groups excluding carboxylic acids is 2. The summed E-state index contributed by atoms with van der Waals surface area (Å²) in [6.45, 7) is 5.82. The standard InChI is InChI=1S/C27H32N2O5S/c1-19(2)20-6-8-21(9-7-20)34-18-23-22-11-16-35-25(22)10-12-29(23)26(30)17-28(13-15-32-3)27(31)24-5-4-14-33-24/h4-9,11,14,16,19,23H,10,12-13,15,17-18H2,1-3H3/t23-/m0/s1. The first-order chi connectivity index (χ1) is 17.0. The minimum atomic E-state index is -0.327. The van der Waals surface area contributed by atoms with E-state index in [1.807, 2.05) is 17.0 Å². The summed E-state index contributed by atoms with van der Waals surface area (Å²) in [6, 6.07) is 13.2. The number of carbonyl (C=O) groups is 2. The van der Waals surface area contributed by atoms with E-state index in [0.29, 0.717) is 32.2 Å². The first-order valence-electron chi connectivity index (χ1n) is 11.9. The van der Waals surface area contributed by atoms with Crippen LogP contribution < -0.4 is 4.74 Å². The van der Waals surface area contributed by atoms with E-state index >= 15 is 0 Å². The van der Waals surface area contributed by atoms with Gasteiger partial charge >= 0.3 is 0 Å². The van der Waals surface area contributed by atoms with Crippen LogP contribution in [0.25, 0.3) is 0 Å². The average Bonchev–Trinajstić information content (AvgIpc) is 3.57. The summed E-state index contributed by atoms with van der Waals surface area (Å²) in [5.74, 6) is 0.985. The van der Waals surface area contributed by atoms with Gasteiger partial charge in [0.1, 0.15) is 18.9 Å². The molecule has 4 rings (SSSR count). The summed E-state index contributed by atoms with van der Waals surface area (Å²) in [6.07, 6.45) is 2.25. The molecule has 0 N–H and O–H groups in total. The highest BCUT2D eigenvalue weighted by atomic mass is 32.1. The second-order valence-electron chi connectivity index (χ2n) is 8.88. The molecule has 186 valence electrons. The van der Waals surface area contributed by atoms with Crippen LogP contribution in [0.5, 0.6) is 5.75 Å². The van der Waals surface area contributed by atoms with Gasteiger partial charge in [0.05, 0.1) is 18.9 Å². The number of fused-ring (bicyclic) bond motifs is 1. The van der Waals surface area contributed by atoms with Gasteiger partial charge in [-0.05, 0) is 59.2 Å². The van der Waals surface area contributed by atoms with Gasteiger partial charge in [-0.25, -0.2) is 0 Å². The molecule has 1 aliphatic rings. The van der Waals surface area contributed by atoms with Crippen LogP contribution in [0.1, 0.15) is 52.4 Å². The third kappa shape index (κ3) is 5.94. The Morgan fingerprint density at radius 1 is 1.20 bits per heavy atom. The lowest BCUT2D eigenvalue weighted by Crippen LogP contribution is -2.48. The zero-order chi connectivity index (χ0) is 24.8. The van der Waals surface area contributed by atoms with Gasteiger partial charge in [0, 0.05) is 25.1 Å². The summed E-state index contributed by atoms with van der Waals surface area (Å²) in [7, 11) is 1.57. The van der Waals surface area contributed by atoms with E-state index in [4.69, 9.17) is 13.9 Å². The monoisotopic (exact) mass is 496 g/mol. The molecule has 3 aromatic rings. The predicted octanol–water partition coefficient (Wildman–Crippen LogP) is 4.76. The quantitative estimate of drug-likeness (QED) is 0.405. The number of nitrogens with zero attached hydrogens (tertiary/aromatic N) is 2. The van der Waals surface area contributed by atoms with E-state index in [-0.39, 0.29) is 30.2 Å². The van der Waals surface area contributed by atoms with E-state index in [9.17, 15) is 9.59 Å². The van der Waals surface area contributed by atoms with E-state index in [1.54, 1.807) is 30.6 Å². The fraction of sp³-hybridized carbons (Fsp3) is 0.407. The number of benzene rings is 1. The molecule has 0 saturated heterocycles. The third-order valence-electron chi connectivity index (χ3n) is 6.28. The third-order valence-corrected chi connectivity index (χ3v) is 7.28. The lowest BCUT2D eigenvalue weighted by molar-refractivity contribution is -0.135. The number of thiophene rings is 1. The van der Waals surface area contributed by atoms with Crippen molar-refractivity contribution in [3.63, 3.8) is 0 Å². The molecule has 1 atom stereocenters. The minimum Gasteiger partial charge on any atom is -0.491 e. The van der Waals surface area contributed by atoms with Crippen LogP contribution in [0, 0.1) is 0 Å². The highest BCUT2D eigenvalue weighted by Gasteiger charge is 2.34. The Kier molecular flexibility index (Phi) is 8.25. The normalized spacial score (nSPS) is 15.2. The summed E-state index contributed by atoms with van der Waals surface area (Å²) in [5, 5.41) is 2.06. The Balaban J connectivity index is 1.49. The average molecular weight is 497 g/mol. The van der Waals surface area contributed by atoms with Gasteiger partial charge in [0.25, 0.3) is 5.91 Å². The summed E-state index contributed by atoms with van der Waals surface area (Å²) < 4.78 is 16.6. The van der Waals surface area contributed by atoms with Crippen LogP contribution in [-0.2, 0) is 16.0 Å². The van der Waals surface area contributed by atoms with Crippen LogP contribution >= 0.6 is 11.3 Å². The molecule has 0 fully saturated rings. The van der Waals surface area contributed by atoms with Crippen molar-refractivity contribution in [2.45, 2.75) is 32.2 Å². The predicted molar refractivity (Wildman–Crippen MR) is 135 cm³/mol. The number of hydrogen-bond acceptors (Lipinski definition) is 6. The van der Waals surface area contributed by atoms with Crippen LogP contribution in [0.15, 0.2) is 58.5 Å². The Bertz CT molecular complexity index is 1110. The molecule has 1 aromatic carbocycles. The minimum absolute atomic E-state index is 0.0536. The highest BCUT2D eigenvalue weighted by molar-refractivity contribution is 7.10. The van der Waals surface area contributed by atoms with Crippen molar-refractivity contribution in [3.05, 3.63) is 75.9 Å². The molecule has 0 unspecified atom stereocenters. The molecule has 0 aliphatic carbocycles. The van der Waals surface area contributed by atoms with Crippen LogP contribution in [-0.4, -0.2) is 61.6 Å². The summed E-state index contributed by atoms with van der Waals surface area (Å²) >= 11 is 1.71. The number of furan rings is 1. The van der Waals surface area contributed by atoms with Crippen molar-refractivity contribution in [3.8, 4) is 5.75 Å². The molecular formula is C27H32N2O5S. The Morgan fingerprint density at radius 2 is 2.00 bits per heavy atom. The lowest BCUT2D eigenvalue weighted by atomic mass is 10.00. The highest BCUT2D eigenvalue weighted by Crippen LogP contribution is 2.34. The van der Waals surface area contributed by atoms with E-state index < -0.39 is 0 Å². The molecule has 1 aliphatic heterocycles. The Hall–Kier alpha value is -3.10. The fourth-order valence-electron chi connectivity index (χ4n) is 4.26. The van der Waals surface area contributed by atoms with Crippen molar-refractivity contribution in [1.29, 1.82) is 0 Å². The van der Waals surface area contributed by atoms with Gasteiger partial charge in [-0.15, -0.1) is 11.3 Å². The Morgan fingerprint density at radius 3 is 2.69 bits per heavy atom. The molecule has 0 saturated carbocycles. The first kappa shape index (κ1) is 25.0. The lowest BCUT2D eigenvalue weighted by Gasteiger charge is -2.37. The SMILES string of the molecule is COCCN(CC(=O)N1CCc2sccc2[C@@H]1COc1ccc(C(C)C)cc1)C(=O)c1ccco1. The number of hydrogen-bond donors (Lipinski definition) is 0. The van der Waals surface area contributed by atoms with Crippen LogP contribution in [0.3, 0.4) is 0 Å². The largest absolute Gasteiger partial charge is 0.491 e. The molecule has 3 heterocycles. The second-order valence-corrected chi connectivity index (χ2v) is 9.88. The van der Waals surface area contributed by atoms with Gasteiger partial charge < -0.3 is 23.7 Å². The van der Waals surface area contributed by atoms with E-state index in [1.165, 1.54) is 21.6 Å². The zero-order valence-electron chi connectivity index (χ0n) is 20.4. The maximum Gasteiger partial charge on any atom is 0.290 e. The molecule has 8 heteroatoms. The van der Waals surface area contributed by atoms with Gasteiger partial charge in [0.15, 0.2) is 5.76 Å². The van der Waals surface area contributed by atoms with Crippen molar-refractivity contribution < 1.29 is 23.5 Å². The number of amides is 2. The van der Waals surface area contributed by atoms with E-state index in [0.717, 1.165) is 17.7 Å².